The molecule has 1 amide bonds. The lowest BCUT2D eigenvalue weighted by Gasteiger charge is -2.25. The minimum Gasteiger partial charge on any atom is -0.387 e. The molecule has 0 aromatic carbocycles. The first kappa shape index (κ1) is 48.6. The number of nitrogens with zero attached hydrogens (tertiary/aromatic N) is 12. The number of aliphatic hydroxyl groups excluding tert-OH is 4. The van der Waals surface area contributed by atoms with E-state index in [2.05, 4.69) is 44.9 Å². The molecule has 0 aliphatic carbocycles. The van der Waals surface area contributed by atoms with Crippen molar-refractivity contribution < 1.29 is 90.8 Å². The number of fused-ring (bicyclic) bond motifs is 3. The summed E-state index contributed by atoms with van der Waals surface area (Å²) in [7, 11) is -16.1. The molecule has 0 radical (unpaired) electrons. The lowest BCUT2D eigenvalue weighted by atomic mass is 10.1. The van der Waals surface area contributed by atoms with Gasteiger partial charge in [0.25, 0.3) is 0 Å². The normalized spacial score (nSPS) is 30.3. The first-order chi connectivity index (χ1) is 32.6. The largest absolute Gasteiger partial charge is 0.472 e. The zero-order valence-corrected chi connectivity index (χ0v) is 37.2. The second-order valence-electron chi connectivity index (χ2n) is 15.3. The van der Waals surface area contributed by atoms with Crippen LogP contribution in [0, 0.1) is 0 Å². The molecule has 9 heterocycles. The fraction of sp³-hybridized carbons (Fsp3) is 0.484. The van der Waals surface area contributed by atoms with Gasteiger partial charge in [0.05, 0.1) is 32.2 Å². The molecule has 3 saturated heterocycles. The van der Waals surface area contributed by atoms with Gasteiger partial charge in [-0.3, -0.25) is 36.6 Å². The van der Waals surface area contributed by atoms with Crippen molar-refractivity contribution in [2.24, 2.45) is 0 Å². The number of carbonyl (C=O) groups is 1. The Kier molecular flexibility index (Phi) is 13.0. The Bertz CT molecular complexity index is 3050. The van der Waals surface area contributed by atoms with Crippen LogP contribution in [0.1, 0.15) is 18.7 Å². The predicted octanol–water partition coefficient (Wildman–Crippen LogP) is -3.72. The molecular weight excluding hydrogens is 993 g/mol. The van der Waals surface area contributed by atoms with Gasteiger partial charge in [0.15, 0.2) is 53.1 Å². The predicted molar refractivity (Wildman–Crippen MR) is 222 cm³/mol. The lowest BCUT2D eigenvalue weighted by Crippen LogP contribution is -2.40. The maximum atomic E-state index is 13.7. The fourth-order valence-corrected chi connectivity index (χ4v) is 9.84. The Hall–Kier alpha value is -5.39. The molecule has 2 unspecified atom stereocenters. The van der Waals surface area contributed by atoms with Gasteiger partial charge in [-0.05, 0) is 0 Å². The van der Waals surface area contributed by atoms with E-state index in [1.54, 1.807) is 0 Å². The highest BCUT2D eigenvalue weighted by Crippen LogP contribution is 2.53. The van der Waals surface area contributed by atoms with Crippen molar-refractivity contribution >= 4 is 79.8 Å². The number of anilines is 3. The van der Waals surface area contributed by atoms with Crippen molar-refractivity contribution in [3.05, 3.63) is 38.0 Å². The van der Waals surface area contributed by atoms with Crippen molar-refractivity contribution in [2.75, 3.05) is 37.0 Å². The Labute approximate surface area is 382 Å². The first-order valence-electron chi connectivity index (χ1n) is 19.8. The van der Waals surface area contributed by atoms with Gasteiger partial charge in [-0.2, -0.15) is 0 Å². The molecule has 3 aliphatic rings. The molecule has 0 saturated carbocycles. The van der Waals surface area contributed by atoms with Crippen LogP contribution < -0.4 is 22.5 Å². The summed E-state index contributed by atoms with van der Waals surface area (Å²) in [6.07, 6.45) is -13.9. The highest BCUT2D eigenvalue weighted by atomic mass is 31.2. The Morgan fingerprint density at radius 3 is 1.38 bits per heavy atom. The molecule has 6 aromatic heterocycles. The molecule has 15 N–H and O–H groups in total. The summed E-state index contributed by atoms with van der Waals surface area (Å²) in [5.74, 6) is -0.163. The quantitative estimate of drug-likeness (QED) is 0.0415. The van der Waals surface area contributed by atoms with Crippen molar-refractivity contribution in [1.82, 2.24) is 63.9 Å². The van der Waals surface area contributed by atoms with Crippen LogP contribution in [0.25, 0.3) is 33.5 Å². The third-order valence-electron chi connectivity index (χ3n) is 11.0. The molecule has 38 heteroatoms. The van der Waals surface area contributed by atoms with Crippen LogP contribution in [0.15, 0.2) is 38.0 Å². The number of nitrogens with two attached hydrogens (primary N) is 3. The van der Waals surface area contributed by atoms with Gasteiger partial charge in [-0.25, -0.2) is 58.6 Å². The fourth-order valence-electron chi connectivity index (χ4n) is 7.68. The molecular formula is C31H39N16O19P3. The number of rotatable bonds is 16. The molecule has 0 bridgehead atoms. The molecule has 3 aliphatic heterocycles. The summed E-state index contributed by atoms with van der Waals surface area (Å²) in [5, 5.41) is 46.5. The summed E-state index contributed by atoms with van der Waals surface area (Å²) in [6.45, 7) is -2.70. The average Bonchev–Trinajstić information content (AvgIpc) is 4.16. The number of amides is 1. The zero-order chi connectivity index (χ0) is 49.3. The maximum Gasteiger partial charge on any atom is 0.472 e. The monoisotopic (exact) mass is 1030 g/mol. The van der Waals surface area contributed by atoms with Crippen LogP contribution in [-0.2, 0) is 46.0 Å². The molecule has 14 atom stereocenters. The van der Waals surface area contributed by atoms with Gasteiger partial charge in [-0.1, -0.05) is 0 Å². The molecule has 9 rings (SSSR count). The van der Waals surface area contributed by atoms with E-state index in [9.17, 15) is 58.5 Å². The van der Waals surface area contributed by atoms with E-state index < -0.39 is 122 Å². The topological polar surface area (TPSA) is 516 Å². The van der Waals surface area contributed by atoms with Crippen LogP contribution in [-0.4, -0.2) is 179 Å². The maximum absolute atomic E-state index is 13.7. The standard InChI is InChI=1S/C31H39N16O19P3/c32-22-13-25(39-4-36-22)45(7-42-13)28-19(51)16(48)11(63-28)2-60-68(56,57)66-21-18(50)12(64-30(21)47-9-44-15-24(34)38-6-41-27(15)47)3-61-69(58,59)65-20-17(49)10(1-35-31(52)67(53,54)55)62-29(20)46-8-43-14-23(33)37-5-40-26(14)46/h4-12,16-21,28-30,48-51H,1-3H2,(H,35,52)(H,56,57)(H,58,59)(H2,32,36,39)(H2,33,37,40)(H2,34,38,41)(H2,53,54,55)/t10-,11-,12-,16-,17-,18-,19-,20-,21-,28-,29-,30-/m1/s1. The SMILES string of the molecule is Nc1ncnc2c1ncn2[C@@H]1O[C@H](COP(=O)(O)O[C@@H]2[C@H](O)[C@@H](COP(=O)(O)O[C@@H]3[C@H](O)[C@@H](CNC(=O)P(=O)(O)O)O[C@H]3n3cnc4c(N)ncnc43)O[C@H]2n2cnc3c(N)ncnc32)[C@@H](O)[C@H]1O. The number of phosphoric ester groups is 2. The Morgan fingerprint density at radius 1 is 0.565 bits per heavy atom. The summed E-state index contributed by atoms with van der Waals surface area (Å²) in [6, 6.07) is 0. The van der Waals surface area contributed by atoms with Gasteiger partial charge < -0.3 is 76.7 Å². The number of carbonyl (C=O) groups excluding carboxylic acids is 1. The van der Waals surface area contributed by atoms with Gasteiger partial charge >= 0.3 is 28.9 Å². The number of nitrogens with one attached hydrogen (secondary N) is 1. The molecule has 3 fully saturated rings. The smallest absolute Gasteiger partial charge is 0.387 e. The minimum atomic E-state index is -5.46. The van der Waals surface area contributed by atoms with Crippen molar-refractivity contribution in [2.45, 2.75) is 73.6 Å². The van der Waals surface area contributed by atoms with E-state index in [4.69, 9.17) is 49.5 Å². The van der Waals surface area contributed by atoms with E-state index >= 15 is 0 Å². The lowest BCUT2D eigenvalue weighted by molar-refractivity contribution is -0.0638. The second-order valence-corrected chi connectivity index (χ2v) is 19.6. The minimum absolute atomic E-state index is 0.0213. The second kappa shape index (κ2) is 18.4. The number of hydrogen-bond donors (Lipinski definition) is 12. The first-order valence-corrected chi connectivity index (χ1v) is 24.4. The third-order valence-corrected chi connectivity index (χ3v) is 13.6. The van der Waals surface area contributed by atoms with Gasteiger partial charge in [0, 0.05) is 6.54 Å². The number of phosphoric acid groups is 2. The van der Waals surface area contributed by atoms with E-state index in [0.717, 1.165) is 40.8 Å². The van der Waals surface area contributed by atoms with E-state index in [-0.39, 0.29) is 50.9 Å². The van der Waals surface area contributed by atoms with Crippen molar-refractivity contribution in [1.29, 1.82) is 0 Å². The van der Waals surface area contributed by atoms with Gasteiger partial charge in [0.2, 0.25) is 0 Å². The number of ether oxygens (including phenoxy) is 3. The van der Waals surface area contributed by atoms with Crippen molar-refractivity contribution in [3.63, 3.8) is 0 Å². The number of aliphatic hydroxyl groups is 4. The van der Waals surface area contributed by atoms with Crippen LogP contribution >= 0.6 is 23.2 Å². The van der Waals surface area contributed by atoms with E-state index in [0.29, 0.717) is 0 Å². The van der Waals surface area contributed by atoms with Crippen molar-refractivity contribution in [3.8, 4) is 0 Å². The van der Waals surface area contributed by atoms with Crippen LogP contribution in [0.2, 0.25) is 0 Å². The van der Waals surface area contributed by atoms with Crippen LogP contribution in [0.4, 0.5) is 22.2 Å². The summed E-state index contributed by atoms with van der Waals surface area (Å²) < 4.78 is 81.1. The number of hydrogen-bond acceptors (Lipinski definition) is 27. The Balaban J connectivity index is 0.918. The average molecular weight is 1030 g/mol. The third kappa shape index (κ3) is 9.38. The summed E-state index contributed by atoms with van der Waals surface area (Å²) >= 11 is 0. The molecule has 0 spiro atoms. The number of nitrogen functional groups attached to an aromatic ring is 3. The van der Waals surface area contributed by atoms with E-state index in [1.165, 1.54) is 10.9 Å². The molecule has 6 aromatic rings. The van der Waals surface area contributed by atoms with Gasteiger partial charge in [-0.15, -0.1) is 0 Å². The summed E-state index contributed by atoms with van der Waals surface area (Å²) in [5.41, 5.74) is 16.3. The summed E-state index contributed by atoms with van der Waals surface area (Å²) in [4.78, 5) is 88.6. The molecule has 35 nitrogen and oxygen atoms in total. The van der Waals surface area contributed by atoms with E-state index in [1.807, 2.05) is 5.32 Å². The van der Waals surface area contributed by atoms with Gasteiger partial charge in [0.1, 0.15) is 90.5 Å². The molecule has 69 heavy (non-hydrogen) atoms. The van der Waals surface area contributed by atoms with Crippen LogP contribution in [0.3, 0.4) is 0 Å². The zero-order valence-electron chi connectivity index (χ0n) is 34.5. The molecule has 372 valence electrons. The highest BCUT2D eigenvalue weighted by Gasteiger charge is 2.53. The Morgan fingerprint density at radius 2 is 0.942 bits per heavy atom. The number of aromatic nitrogens is 12. The highest BCUT2D eigenvalue weighted by molar-refractivity contribution is 7.69. The van der Waals surface area contributed by atoms with Crippen LogP contribution in [0.5, 0.6) is 0 Å². The number of imidazole rings is 3.